The predicted octanol–water partition coefficient (Wildman–Crippen LogP) is 4.76. The van der Waals surface area contributed by atoms with Crippen LogP contribution in [-0.4, -0.2) is 35.7 Å². The fourth-order valence-corrected chi connectivity index (χ4v) is 7.51. The van der Waals surface area contributed by atoms with Crippen LogP contribution in [-0.2, 0) is 17.6 Å². The number of carboxylic acid groups (broad SMARTS) is 1. The number of hydrogen-bond donors (Lipinski definition) is 2. The zero-order valence-corrected chi connectivity index (χ0v) is 18.2. The average molecular weight is 419 g/mol. The van der Waals surface area contributed by atoms with Crippen LogP contribution in [0.15, 0.2) is 29.2 Å². The highest BCUT2D eigenvalue weighted by atomic mass is 35.5. The van der Waals surface area contributed by atoms with Crippen molar-refractivity contribution in [3.63, 3.8) is 0 Å². The van der Waals surface area contributed by atoms with Crippen molar-refractivity contribution in [2.45, 2.75) is 44.0 Å². The predicted molar refractivity (Wildman–Crippen MR) is 119 cm³/mol. The number of aliphatic carboxylic acids is 1. The minimum Gasteiger partial charge on any atom is -0.481 e. The summed E-state index contributed by atoms with van der Waals surface area (Å²) in [5, 5.41) is 17.2. The third-order valence-corrected chi connectivity index (χ3v) is 8.93. The van der Waals surface area contributed by atoms with Crippen molar-refractivity contribution < 1.29 is 9.90 Å². The van der Waals surface area contributed by atoms with Crippen molar-refractivity contribution in [1.82, 2.24) is 0 Å². The molecule has 0 saturated heterocycles. The molecular weight excluding hydrogens is 392 g/mol. The van der Waals surface area contributed by atoms with Gasteiger partial charge in [0.15, 0.2) is 0 Å². The fraction of sp³-hybridized carbons (Fsp3) is 0.409. The molecule has 0 amide bonds. The number of hydrogen-bond acceptors (Lipinski definition) is 3. The maximum atomic E-state index is 11.8. The Labute approximate surface area is 173 Å². The van der Waals surface area contributed by atoms with Crippen molar-refractivity contribution in [3.05, 3.63) is 46.0 Å². The quantitative estimate of drug-likeness (QED) is 0.753. The SMILES string of the molecule is Cc1c(CC(=O)O)c(-c2ccc(Cl)cc2)c2c3c1S(C)(N)CCCN3C(C)C2. The summed E-state index contributed by atoms with van der Waals surface area (Å²) >= 11 is 6.12. The molecule has 2 aromatic rings. The Morgan fingerprint density at radius 1 is 1.36 bits per heavy atom. The van der Waals surface area contributed by atoms with Crippen LogP contribution in [0.3, 0.4) is 0 Å². The Bertz CT molecular complexity index is 956. The zero-order chi connectivity index (χ0) is 20.2. The van der Waals surface area contributed by atoms with Gasteiger partial charge in [0.2, 0.25) is 0 Å². The average Bonchev–Trinajstić information content (AvgIpc) is 2.83. The summed E-state index contributed by atoms with van der Waals surface area (Å²) in [4.78, 5) is 15.5. The molecule has 3 N–H and O–H groups in total. The van der Waals surface area contributed by atoms with E-state index in [0.717, 1.165) is 47.4 Å². The minimum atomic E-state index is -1.47. The second-order valence-corrected chi connectivity index (χ2v) is 11.7. The molecule has 0 aromatic heterocycles. The van der Waals surface area contributed by atoms with Gasteiger partial charge in [-0.25, -0.2) is 0 Å². The monoisotopic (exact) mass is 418 g/mol. The first kappa shape index (κ1) is 19.6. The van der Waals surface area contributed by atoms with Crippen LogP contribution in [0.1, 0.15) is 30.0 Å². The van der Waals surface area contributed by atoms with Crippen LogP contribution in [0, 0.1) is 6.92 Å². The molecule has 2 aromatic carbocycles. The standard InChI is InChI=1S/C22H27ClN2O2S/c1-13-11-18-20(15-5-7-16(23)8-6-15)17(12-19(26)27)14(2)22-21(18)25(13)9-4-10-28(22,3)24/h5-8,13H,4,9-12,24H2,1-3H3,(H,26,27). The van der Waals surface area contributed by atoms with Crippen LogP contribution in [0.5, 0.6) is 0 Å². The van der Waals surface area contributed by atoms with Crippen molar-refractivity contribution in [3.8, 4) is 11.1 Å². The lowest BCUT2D eigenvalue weighted by molar-refractivity contribution is -0.136. The van der Waals surface area contributed by atoms with Crippen LogP contribution < -0.4 is 10.0 Å². The van der Waals surface area contributed by atoms with E-state index in [1.165, 1.54) is 16.1 Å². The summed E-state index contributed by atoms with van der Waals surface area (Å²) < 4.78 is 0. The highest BCUT2D eigenvalue weighted by Gasteiger charge is 2.39. The van der Waals surface area contributed by atoms with E-state index in [9.17, 15) is 9.90 Å². The topological polar surface area (TPSA) is 66.6 Å². The molecular formula is C22H27ClN2O2S. The lowest BCUT2D eigenvalue weighted by Crippen LogP contribution is -2.30. The fourth-order valence-electron chi connectivity index (χ4n) is 4.95. The Morgan fingerprint density at radius 2 is 2.04 bits per heavy atom. The molecule has 2 atom stereocenters. The smallest absolute Gasteiger partial charge is 0.307 e. The third kappa shape index (κ3) is 3.10. The summed E-state index contributed by atoms with van der Waals surface area (Å²) in [5.41, 5.74) is 6.62. The number of carboxylic acids is 1. The van der Waals surface area contributed by atoms with Gasteiger partial charge in [0.1, 0.15) is 0 Å². The van der Waals surface area contributed by atoms with Crippen LogP contribution >= 0.6 is 21.8 Å². The van der Waals surface area contributed by atoms with Gasteiger partial charge in [0.25, 0.3) is 0 Å². The number of halogens is 1. The van der Waals surface area contributed by atoms with Gasteiger partial charge < -0.3 is 10.0 Å². The van der Waals surface area contributed by atoms with Gasteiger partial charge in [0.05, 0.1) is 12.1 Å². The van der Waals surface area contributed by atoms with Gasteiger partial charge in [-0.15, -0.1) is 0 Å². The van der Waals surface area contributed by atoms with Gasteiger partial charge in [-0.1, -0.05) is 23.7 Å². The summed E-state index contributed by atoms with van der Waals surface area (Å²) in [6.07, 6.45) is 4.18. The molecule has 0 bridgehead atoms. The van der Waals surface area contributed by atoms with E-state index >= 15 is 0 Å². The molecule has 2 aliphatic heterocycles. The summed E-state index contributed by atoms with van der Waals surface area (Å²) in [7, 11) is -1.47. The number of anilines is 1. The normalized spacial score (nSPS) is 25.8. The van der Waals surface area contributed by atoms with E-state index in [0.29, 0.717) is 11.1 Å². The van der Waals surface area contributed by atoms with Gasteiger partial charge >= 0.3 is 5.97 Å². The van der Waals surface area contributed by atoms with Crippen LogP contribution in [0.2, 0.25) is 5.02 Å². The summed E-state index contributed by atoms with van der Waals surface area (Å²) in [6, 6.07) is 8.16. The molecule has 2 unspecified atom stereocenters. The van der Waals surface area contributed by atoms with Gasteiger partial charge in [-0.2, -0.15) is 10.2 Å². The molecule has 0 fully saturated rings. The number of benzene rings is 2. The highest BCUT2D eigenvalue weighted by Crippen LogP contribution is 2.59. The molecule has 0 radical (unpaired) electrons. The lowest BCUT2D eigenvalue weighted by atomic mass is 9.87. The first-order chi connectivity index (χ1) is 13.2. The van der Waals surface area contributed by atoms with E-state index in [4.69, 9.17) is 16.7 Å². The van der Waals surface area contributed by atoms with E-state index in [-0.39, 0.29) is 6.42 Å². The minimum absolute atomic E-state index is 0.00791. The van der Waals surface area contributed by atoms with E-state index in [2.05, 4.69) is 25.0 Å². The van der Waals surface area contributed by atoms with Gasteiger partial charge in [0, 0.05) is 22.5 Å². The Morgan fingerprint density at radius 3 is 2.68 bits per heavy atom. The number of carbonyl (C=O) groups is 1. The second-order valence-electron chi connectivity index (χ2n) is 8.17. The number of nitrogens with zero attached hydrogens (tertiary/aromatic N) is 1. The Hall–Kier alpha value is -1.69. The first-order valence-corrected chi connectivity index (χ1v) is 12.3. The van der Waals surface area contributed by atoms with E-state index in [1.807, 2.05) is 24.3 Å². The summed E-state index contributed by atoms with van der Waals surface area (Å²) in [5.74, 6) is 0.173. The first-order valence-electron chi connectivity index (χ1n) is 9.67. The van der Waals surface area contributed by atoms with E-state index in [1.54, 1.807) is 0 Å². The van der Waals surface area contributed by atoms with Crippen molar-refractivity contribution in [2.24, 2.45) is 5.14 Å². The molecule has 4 nitrogen and oxygen atoms in total. The zero-order valence-electron chi connectivity index (χ0n) is 16.6. The molecule has 4 rings (SSSR count). The highest BCUT2D eigenvalue weighted by molar-refractivity contribution is 8.31. The van der Waals surface area contributed by atoms with Crippen LogP contribution in [0.25, 0.3) is 11.1 Å². The largest absolute Gasteiger partial charge is 0.481 e. The molecule has 150 valence electrons. The third-order valence-electron chi connectivity index (χ3n) is 6.11. The van der Waals surface area contributed by atoms with Crippen molar-refractivity contribution >= 4 is 33.5 Å². The van der Waals surface area contributed by atoms with Crippen molar-refractivity contribution in [1.29, 1.82) is 0 Å². The van der Waals surface area contributed by atoms with E-state index < -0.39 is 16.2 Å². The molecule has 0 spiro atoms. The molecule has 28 heavy (non-hydrogen) atoms. The number of nitrogens with two attached hydrogens (primary N) is 1. The number of rotatable bonds is 3. The maximum Gasteiger partial charge on any atom is 0.307 e. The lowest BCUT2D eigenvalue weighted by Gasteiger charge is -2.35. The maximum absolute atomic E-state index is 11.8. The Balaban J connectivity index is 2.10. The molecule has 2 heterocycles. The summed E-state index contributed by atoms with van der Waals surface area (Å²) in [6.45, 7) is 5.34. The second kappa shape index (κ2) is 6.97. The molecule has 0 aliphatic carbocycles. The molecule has 0 saturated carbocycles. The van der Waals surface area contributed by atoms with Crippen LogP contribution in [0.4, 0.5) is 5.69 Å². The van der Waals surface area contributed by atoms with Crippen molar-refractivity contribution in [2.75, 3.05) is 23.5 Å². The van der Waals surface area contributed by atoms with Gasteiger partial charge in [-0.05, 0) is 78.6 Å². The molecule has 6 heteroatoms. The molecule has 2 aliphatic rings. The Kier molecular flexibility index (Phi) is 4.89. The van der Waals surface area contributed by atoms with Gasteiger partial charge in [-0.3, -0.25) is 9.93 Å².